The first-order chi connectivity index (χ1) is 17.0. The van der Waals surface area contributed by atoms with Gasteiger partial charge in [0.05, 0.1) is 6.21 Å². The molecule has 0 aliphatic rings. The molecule has 4 aromatic rings. The summed E-state index contributed by atoms with van der Waals surface area (Å²) in [5, 5.41) is 7.34. The van der Waals surface area contributed by atoms with Crippen LogP contribution in [0.25, 0.3) is 0 Å². The highest BCUT2D eigenvalue weighted by atomic mass is 35.5. The van der Waals surface area contributed by atoms with Crippen LogP contribution in [-0.2, 0) is 6.61 Å². The fourth-order valence-corrected chi connectivity index (χ4v) is 3.47. The Morgan fingerprint density at radius 3 is 2.40 bits per heavy atom. The largest absolute Gasteiger partial charge is 0.460 e. The van der Waals surface area contributed by atoms with Crippen molar-refractivity contribution in [1.29, 1.82) is 0 Å². The lowest BCUT2D eigenvalue weighted by atomic mass is 10.1. The summed E-state index contributed by atoms with van der Waals surface area (Å²) in [5.74, 6) is 0.0935. The zero-order valence-corrected chi connectivity index (χ0v) is 19.6. The van der Waals surface area contributed by atoms with Crippen LogP contribution in [0.5, 0.6) is 5.95 Å². The van der Waals surface area contributed by atoms with E-state index in [4.69, 9.17) is 20.8 Å². The summed E-state index contributed by atoms with van der Waals surface area (Å²) in [4.78, 5) is 24.6. The zero-order chi connectivity index (χ0) is 24.6. The molecule has 3 aromatic carbocycles. The van der Waals surface area contributed by atoms with Crippen molar-refractivity contribution in [3.8, 4) is 5.95 Å². The number of benzene rings is 3. The molecule has 4 rings (SSSR count). The first kappa shape index (κ1) is 23.8. The van der Waals surface area contributed by atoms with Gasteiger partial charge in [-0.1, -0.05) is 41.9 Å². The lowest BCUT2D eigenvalue weighted by Gasteiger charge is -2.08. The predicted molar refractivity (Wildman–Crippen MR) is 135 cm³/mol. The Morgan fingerprint density at radius 2 is 1.66 bits per heavy atom. The second kappa shape index (κ2) is 11.2. The van der Waals surface area contributed by atoms with Crippen LogP contribution in [0.4, 0.5) is 5.69 Å². The maximum atomic E-state index is 12.3. The van der Waals surface area contributed by atoms with Gasteiger partial charge in [-0.15, -0.1) is 0 Å². The van der Waals surface area contributed by atoms with Crippen molar-refractivity contribution >= 4 is 35.3 Å². The number of aryl methyl sites for hydroxylation is 1. The third kappa shape index (κ3) is 6.37. The second-order valence-electron chi connectivity index (χ2n) is 7.58. The zero-order valence-electron chi connectivity index (χ0n) is 18.8. The number of nitrogens with one attached hydrogen (secondary N) is 2. The number of hydrazone groups is 1. The number of hydrogen-bond donors (Lipinski definition) is 2. The van der Waals surface area contributed by atoms with E-state index in [-0.39, 0.29) is 12.5 Å². The van der Waals surface area contributed by atoms with Crippen LogP contribution in [0.15, 0.2) is 94.4 Å². The second-order valence-corrected chi connectivity index (χ2v) is 7.98. The Labute approximate surface area is 207 Å². The van der Waals surface area contributed by atoms with Crippen LogP contribution in [0.1, 0.15) is 37.6 Å². The van der Waals surface area contributed by atoms with Crippen LogP contribution in [0.3, 0.4) is 0 Å². The molecule has 35 heavy (non-hydrogen) atoms. The number of amides is 2. The minimum absolute atomic E-state index is 0.226. The molecular formula is C27H22ClN3O4. The van der Waals surface area contributed by atoms with E-state index in [1.165, 1.54) is 6.21 Å². The molecule has 7 nitrogen and oxygen atoms in total. The van der Waals surface area contributed by atoms with Crippen molar-refractivity contribution in [3.05, 3.63) is 118 Å². The number of nitrogens with zero attached hydrogens (tertiary/aromatic N) is 1. The molecule has 0 saturated heterocycles. The van der Waals surface area contributed by atoms with Gasteiger partial charge in [0, 0.05) is 33.5 Å². The summed E-state index contributed by atoms with van der Waals surface area (Å²) in [7, 11) is 0. The van der Waals surface area contributed by atoms with Crippen molar-refractivity contribution in [3.63, 3.8) is 0 Å². The topological polar surface area (TPSA) is 92.9 Å². The highest BCUT2D eigenvalue weighted by Gasteiger charge is 2.09. The number of carbonyl (C=O) groups excluding carboxylic acids is 2. The summed E-state index contributed by atoms with van der Waals surface area (Å²) < 4.78 is 11.2. The van der Waals surface area contributed by atoms with E-state index in [0.717, 1.165) is 11.1 Å². The smallest absolute Gasteiger partial charge is 0.285 e. The maximum absolute atomic E-state index is 12.3. The number of hydrogen-bond acceptors (Lipinski definition) is 5. The van der Waals surface area contributed by atoms with E-state index in [0.29, 0.717) is 33.5 Å². The molecule has 0 atom stereocenters. The molecule has 2 amide bonds. The monoisotopic (exact) mass is 487 g/mol. The van der Waals surface area contributed by atoms with E-state index in [1.54, 1.807) is 60.7 Å². The molecule has 0 unspecified atom stereocenters. The van der Waals surface area contributed by atoms with Gasteiger partial charge in [-0.2, -0.15) is 5.10 Å². The Bertz CT molecular complexity index is 1330. The van der Waals surface area contributed by atoms with Crippen molar-refractivity contribution in [2.75, 3.05) is 5.32 Å². The first-order valence-corrected chi connectivity index (χ1v) is 11.1. The fraction of sp³-hybridized carbons (Fsp3) is 0.0741. The molecule has 0 aliphatic carbocycles. The summed E-state index contributed by atoms with van der Waals surface area (Å²) in [6, 6.07) is 24.4. The number of carbonyl (C=O) groups is 2. The number of furan rings is 1. The predicted octanol–water partition coefficient (Wildman–Crippen LogP) is 5.84. The molecule has 0 aliphatic heterocycles. The quantitative estimate of drug-likeness (QED) is 0.241. The van der Waals surface area contributed by atoms with Gasteiger partial charge in [-0.25, -0.2) is 5.43 Å². The van der Waals surface area contributed by atoms with Gasteiger partial charge in [0.1, 0.15) is 6.61 Å². The average Bonchev–Trinajstić information content (AvgIpc) is 3.32. The molecular weight excluding hydrogens is 466 g/mol. The Balaban J connectivity index is 1.28. The van der Waals surface area contributed by atoms with Crippen LogP contribution < -0.4 is 15.5 Å². The lowest BCUT2D eigenvalue weighted by molar-refractivity contribution is 0.0954. The molecule has 8 heteroatoms. The number of ether oxygens (including phenoxy) is 1. The van der Waals surface area contributed by atoms with E-state index >= 15 is 0 Å². The lowest BCUT2D eigenvalue weighted by Crippen LogP contribution is -2.17. The summed E-state index contributed by atoms with van der Waals surface area (Å²) in [6.45, 7) is 2.23. The van der Waals surface area contributed by atoms with E-state index < -0.39 is 5.91 Å². The minimum Gasteiger partial charge on any atom is -0.460 e. The minimum atomic E-state index is -0.403. The molecule has 0 spiro atoms. The standard InChI is InChI=1S/C27H22ClN3O4/c1-18-6-5-9-24(28)23(18)17-34-25-15-14-22(35-25)16-29-31-27(33)20-10-12-21(13-11-20)30-26(32)19-7-3-2-4-8-19/h2-16H,17H2,1H3,(H,30,32)(H,31,33)/b29-16-. The van der Waals surface area contributed by atoms with Crippen molar-refractivity contribution in [2.24, 2.45) is 5.10 Å². The van der Waals surface area contributed by atoms with E-state index in [2.05, 4.69) is 15.8 Å². The SMILES string of the molecule is Cc1cccc(Cl)c1COc1ccc(/C=N\NC(=O)c2ccc(NC(=O)c3ccccc3)cc2)o1. The molecule has 1 heterocycles. The average molecular weight is 488 g/mol. The molecule has 0 bridgehead atoms. The molecule has 0 saturated carbocycles. The fourth-order valence-electron chi connectivity index (χ4n) is 3.19. The van der Waals surface area contributed by atoms with Gasteiger partial charge < -0.3 is 14.5 Å². The van der Waals surface area contributed by atoms with Crippen LogP contribution in [0, 0.1) is 6.92 Å². The van der Waals surface area contributed by atoms with E-state index in [1.807, 2.05) is 31.2 Å². The van der Waals surface area contributed by atoms with Crippen molar-refractivity contribution in [2.45, 2.75) is 13.5 Å². The molecule has 176 valence electrons. The van der Waals surface area contributed by atoms with Gasteiger partial charge in [0.2, 0.25) is 0 Å². The Kier molecular flexibility index (Phi) is 7.60. The van der Waals surface area contributed by atoms with E-state index in [9.17, 15) is 9.59 Å². The first-order valence-electron chi connectivity index (χ1n) is 10.8. The molecule has 1 aromatic heterocycles. The highest BCUT2D eigenvalue weighted by molar-refractivity contribution is 6.31. The van der Waals surface area contributed by atoms with Gasteiger partial charge in [-0.3, -0.25) is 9.59 Å². The molecule has 2 N–H and O–H groups in total. The van der Waals surface area contributed by atoms with Gasteiger partial charge in [0.15, 0.2) is 5.76 Å². The van der Waals surface area contributed by atoms with Crippen LogP contribution in [-0.4, -0.2) is 18.0 Å². The van der Waals surface area contributed by atoms with Gasteiger partial charge in [-0.05, 0) is 61.0 Å². The maximum Gasteiger partial charge on any atom is 0.285 e. The van der Waals surface area contributed by atoms with Crippen molar-refractivity contribution in [1.82, 2.24) is 5.43 Å². The highest BCUT2D eigenvalue weighted by Crippen LogP contribution is 2.23. The summed E-state index contributed by atoms with van der Waals surface area (Å²) in [5.41, 5.74) is 5.87. The Morgan fingerprint density at radius 1 is 0.914 bits per heavy atom. The summed E-state index contributed by atoms with van der Waals surface area (Å²) in [6.07, 6.45) is 1.37. The van der Waals surface area contributed by atoms with Crippen molar-refractivity contribution < 1.29 is 18.7 Å². The van der Waals surface area contributed by atoms with Gasteiger partial charge in [0.25, 0.3) is 17.8 Å². The molecule has 0 fully saturated rings. The van der Waals surface area contributed by atoms with Gasteiger partial charge >= 0.3 is 0 Å². The Hall–Kier alpha value is -4.36. The normalized spacial score (nSPS) is 10.8. The molecule has 0 radical (unpaired) electrons. The number of halogens is 1. The number of anilines is 1. The van der Waals surface area contributed by atoms with Crippen LogP contribution in [0.2, 0.25) is 5.02 Å². The third-order valence-corrected chi connectivity index (χ3v) is 5.47. The van der Waals surface area contributed by atoms with Crippen LogP contribution >= 0.6 is 11.6 Å². The summed E-state index contributed by atoms with van der Waals surface area (Å²) >= 11 is 6.22. The number of rotatable bonds is 8. The third-order valence-electron chi connectivity index (χ3n) is 5.11.